The number of nitrogens with one attached hydrogen (secondary N) is 2. The third kappa shape index (κ3) is 8.11. The van der Waals surface area contributed by atoms with E-state index < -0.39 is 61.2 Å². The predicted octanol–water partition coefficient (Wildman–Crippen LogP) is 1.68. The summed E-state index contributed by atoms with van der Waals surface area (Å²) in [6.45, 7) is 8.00. The van der Waals surface area contributed by atoms with E-state index in [0.29, 0.717) is 5.69 Å². The standard InChI is InChI=1S/C27H34BN3O8/c1-15(2)14-22(28-38-26(35)17(4)37-18(5)27(36)39-28)30-25(34)23(16(3)32)31-24(33)21-13-9-12-20(29-21)19-10-7-6-8-11-19/h6-13,15-18,22-23,32H,14H2,1-5H3,(H,30,34)(H,31,33)/t16-,17-,18-,22+,23+/m1/s1. The van der Waals surface area contributed by atoms with Gasteiger partial charge in [-0.3, -0.25) is 19.2 Å². The van der Waals surface area contributed by atoms with E-state index in [9.17, 15) is 24.3 Å². The third-order valence-electron chi connectivity index (χ3n) is 6.02. The fraction of sp³-hybridized carbons (Fsp3) is 0.444. The van der Waals surface area contributed by atoms with E-state index in [-0.39, 0.29) is 18.0 Å². The first-order valence-corrected chi connectivity index (χ1v) is 12.8. The average Bonchev–Trinajstić information content (AvgIpc) is 2.90. The molecule has 11 nitrogen and oxygen atoms in total. The Labute approximate surface area is 227 Å². The van der Waals surface area contributed by atoms with E-state index in [2.05, 4.69) is 15.6 Å². The molecule has 0 saturated carbocycles. The zero-order chi connectivity index (χ0) is 28.7. The van der Waals surface area contributed by atoms with Crippen molar-refractivity contribution in [1.82, 2.24) is 15.6 Å². The number of nitrogens with zero attached hydrogens (tertiary/aromatic N) is 1. The largest absolute Gasteiger partial charge is 0.622 e. The van der Waals surface area contributed by atoms with Gasteiger partial charge in [-0.2, -0.15) is 0 Å². The van der Waals surface area contributed by atoms with Crippen LogP contribution in [0.4, 0.5) is 0 Å². The summed E-state index contributed by atoms with van der Waals surface area (Å²) >= 11 is 0. The quantitative estimate of drug-likeness (QED) is 0.404. The fourth-order valence-corrected chi connectivity index (χ4v) is 4.00. The molecule has 0 bridgehead atoms. The molecule has 1 fully saturated rings. The Morgan fingerprint density at radius 1 is 0.949 bits per heavy atom. The Morgan fingerprint density at radius 3 is 2.13 bits per heavy atom. The second kappa shape index (κ2) is 13.3. The molecular weight excluding hydrogens is 505 g/mol. The number of carbonyl (C=O) groups excluding carboxylic acids is 4. The van der Waals surface area contributed by atoms with Gasteiger partial charge in [0.15, 0.2) is 12.2 Å². The molecule has 0 aliphatic carbocycles. The topological polar surface area (TPSA) is 153 Å². The molecule has 1 aromatic heterocycles. The molecule has 1 aromatic carbocycles. The van der Waals surface area contributed by atoms with Gasteiger partial charge in [-0.05, 0) is 45.2 Å². The number of rotatable bonds is 9. The summed E-state index contributed by atoms with van der Waals surface area (Å²) in [7, 11) is -1.43. The molecular formula is C27H34BN3O8. The van der Waals surface area contributed by atoms with Crippen LogP contribution in [0, 0.1) is 5.92 Å². The summed E-state index contributed by atoms with van der Waals surface area (Å²) in [5.41, 5.74) is 1.43. The zero-order valence-electron chi connectivity index (χ0n) is 22.6. The number of pyridine rings is 1. The maximum atomic E-state index is 13.3. The lowest BCUT2D eigenvalue weighted by atomic mass is 9.73. The van der Waals surface area contributed by atoms with Crippen LogP contribution in [0.15, 0.2) is 48.5 Å². The van der Waals surface area contributed by atoms with E-state index in [1.165, 1.54) is 26.8 Å². The maximum Gasteiger partial charge on any atom is 0.622 e. The SMILES string of the molecule is CC(C)C[C@H](NC(=O)[C@@H](NC(=O)c1cccc(-c2ccccc2)n1)[C@@H](C)O)B1OC(=O)[C@@H](C)O[C@H](C)C(=O)O1. The van der Waals surface area contributed by atoms with E-state index in [4.69, 9.17) is 14.0 Å². The van der Waals surface area contributed by atoms with Gasteiger partial charge in [-0.25, -0.2) is 4.98 Å². The summed E-state index contributed by atoms with van der Waals surface area (Å²) in [6.07, 6.45) is -3.06. The van der Waals surface area contributed by atoms with Gasteiger partial charge in [0.2, 0.25) is 5.91 Å². The number of ether oxygens (including phenoxy) is 1. The Morgan fingerprint density at radius 2 is 1.56 bits per heavy atom. The molecule has 3 N–H and O–H groups in total. The molecule has 1 saturated heterocycles. The molecule has 0 spiro atoms. The first-order chi connectivity index (χ1) is 18.5. The number of carbonyl (C=O) groups is 4. The van der Waals surface area contributed by atoms with Gasteiger partial charge in [-0.1, -0.05) is 50.2 Å². The lowest BCUT2D eigenvalue weighted by Crippen LogP contribution is -2.60. The number of aliphatic hydroxyl groups is 1. The number of hydrogen-bond donors (Lipinski definition) is 3. The van der Waals surface area contributed by atoms with Gasteiger partial charge >= 0.3 is 19.1 Å². The van der Waals surface area contributed by atoms with Crippen molar-refractivity contribution in [2.24, 2.45) is 5.92 Å². The van der Waals surface area contributed by atoms with Crippen molar-refractivity contribution in [1.29, 1.82) is 0 Å². The highest BCUT2D eigenvalue weighted by Gasteiger charge is 2.44. The lowest BCUT2D eigenvalue weighted by molar-refractivity contribution is -0.168. The van der Waals surface area contributed by atoms with Crippen molar-refractivity contribution in [3.63, 3.8) is 0 Å². The molecule has 2 amide bonds. The van der Waals surface area contributed by atoms with Gasteiger partial charge in [0.05, 0.1) is 17.7 Å². The van der Waals surface area contributed by atoms with Crippen molar-refractivity contribution in [3.8, 4) is 11.3 Å². The van der Waals surface area contributed by atoms with Crippen molar-refractivity contribution in [2.75, 3.05) is 0 Å². The maximum absolute atomic E-state index is 13.3. The Kier molecular flexibility index (Phi) is 10.2. The fourth-order valence-electron chi connectivity index (χ4n) is 4.00. The number of aliphatic hydroxyl groups excluding tert-OH is 1. The Balaban J connectivity index is 1.79. The molecule has 0 radical (unpaired) electrons. The van der Waals surface area contributed by atoms with Gasteiger partial charge in [0.1, 0.15) is 11.7 Å². The van der Waals surface area contributed by atoms with Crippen molar-refractivity contribution in [2.45, 2.75) is 71.3 Å². The van der Waals surface area contributed by atoms with Gasteiger partial charge in [0.25, 0.3) is 5.91 Å². The normalized spacial score (nSPS) is 20.1. The number of amides is 2. The van der Waals surface area contributed by atoms with Crippen LogP contribution in [0.3, 0.4) is 0 Å². The molecule has 39 heavy (non-hydrogen) atoms. The molecule has 208 valence electrons. The average molecular weight is 539 g/mol. The van der Waals surface area contributed by atoms with E-state index in [1.807, 2.05) is 44.2 Å². The molecule has 1 aliphatic heterocycles. The molecule has 3 rings (SSSR count). The minimum Gasteiger partial charge on any atom is -0.496 e. The highest BCUT2D eigenvalue weighted by molar-refractivity contribution is 6.51. The highest BCUT2D eigenvalue weighted by atomic mass is 16.7. The summed E-state index contributed by atoms with van der Waals surface area (Å²) in [5, 5.41) is 15.6. The van der Waals surface area contributed by atoms with Crippen LogP contribution in [-0.2, 0) is 28.4 Å². The van der Waals surface area contributed by atoms with Crippen LogP contribution in [0.25, 0.3) is 11.3 Å². The summed E-state index contributed by atoms with van der Waals surface area (Å²) in [6, 6.07) is 12.8. The van der Waals surface area contributed by atoms with Crippen LogP contribution in [-0.4, -0.2) is 71.3 Å². The first kappa shape index (κ1) is 29.8. The summed E-state index contributed by atoms with van der Waals surface area (Å²) in [4.78, 5) is 55.6. The van der Waals surface area contributed by atoms with Crippen LogP contribution < -0.4 is 10.6 Å². The minimum absolute atomic E-state index is 0.00578. The molecule has 5 atom stereocenters. The lowest BCUT2D eigenvalue weighted by Gasteiger charge is -2.31. The monoisotopic (exact) mass is 539 g/mol. The smallest absolute Gasteiger partial charge is 0.496 e. The van der Waals surface area contributed by atoms with Gasteiger partial charge in [0, 0.05) is 5.56 Å². The van der Waals surface area contributed by atoms with E-state index >= 15 is 0 Å². The van der Waals surface area contributed by atoms with Crippen molar-refractivity contribution >= 4 is 30.9 Å². The van der Waals surface area contributed by atoms with Crippen LogP contribution >= 0.6 is 0 Å². The number of aromatic nitrogens is 1. The second-order valence-electron chi connectivity index (χ2n) is 9.87. The molecule has 12 heteroatoms. The first-order valence-electron chi connectivity index (χ1n) is 12.8. The molecule has 2 aromatic rings. The van der Waals surface area contributed by atoms with Crippen molar-refractivity contribution in [3.05, 3.63) is 54.2 Å². The Bertz CT molecular complexity index is 1150. The van der Waals surface area contributed by atoms with Crippen LogP contribution in [0.1, 0.15) is 51.5 Å². The summed E-state index contributed by atoms with van der Waals surface area (Å²) < 4.78 is 16.0. The van der Waals surface area contributed by atoms with E-state index in [0.717, 1.165) is 5.56 Å². The van der Waals surface area contributed by atoms with Crippen LogP contribution in [0.2, 0.25) is 0 Å². The third-order valence-corrected chi connectivity index (χ3v) is 6.02. The minimum atomic E-state index is -1.43. The van der Waals surface area contributed by atoms with Crippen molar-refractivity contribution < 1.29 is 38.3 Å². The predicted molar refractivity (Wildman–Crippen MR) is 142 cm³/mol. The molecule has 2 heterocycles. The Hall–Kier alpha value is -3.77. The van der Waals surface area contributed by atoms with E-state index in [1.54, 1.807) is 12.1 Å². The zero-order valence-corrected chi connectivity index (χ0v) is 22.6. The summed E-state index contributed by atoms with van der Waals surface area (Å²) in [5.74, 6) is -3.90. The second-order valence-corrected chi connectivity index (χ2v) is 9.87. The number of benzene rings is 1. The van der Waals surface area contributed by atoms with Gasteiger partial charge in [-0.15, -0.1) is 0 Å². The highest BCUT2D eigenvalue weighted by Crippen LogP contribution is 2.18. The molecule has 1 aliphatic rings. The molecule has 0 unspecified atom stereocenters. The van der Waals surface area contributed by atoms with Gasteiger partial charge < -0.3 is 29.8 Å². The van der Waals surface area contributed by atoms with Crippen LogP contribution in [0.5, 0.6) is 0 Å². The number of hydrogen-bond acceptors (Lipinski definition) is 9.